The molecular formula is C62H110O6. The molecule has 0 aliphatic carbocycles. The van der Waals surface area contributed by atoms with Crippen LogP contribution >= 0.6 is 0 Å². The van der Waals surface area contributed by atoms with Gasteiger partial charge in [-0.3, -0.25) is 14.4 Å². The zero-order chi connectivity index (χ0) is 49.3. The van der Waals surface area contributed by atoms with Gasteiger partial charge in [-0.2, -0.15) is 0 Å². The largest absolute Gasteiger partial charge is 0.462 e. The number of allylic oxidation sites excluding steroid dienone is 10. The van der Waals surface area contributed by atoms with Crippen molar-refractivity contribution in [3.05, 3.63) is 60.8 Å². The van der Waals surface area contributed by atoms with Crippen molar-refractivity contribution in [1.82, 2.24) is 0 Å². The van der Waals surface area contributed by atoms with E-state index in [9.17, 15) is 14.4 Å². The standard InChI is InChI=1S/C62H110O6/c1-4-7-10-13-16-19-22-25-27-28-29-30-31-32-33-34-35-38-40-43-46-49-52-55-61(64)67-58-59(57-66-60(63)54-51-48-45-42-39-36-24-21-18-15-12-9-6-3)68-62(65)56-53-50-47-44-41-37-26-23-20-17-14-11-8-5-2/h21-26,28-29,31-32,59H,4-20,27,30,33-58H2,1-3H3/b24-21-,25-22-,26-23-,29-28-,32-31-. The Morgan fingerprint density at radius 2 is 0.529 bits per heavy atom. The van der Waals surface area contributed by atoms with E-state index in [1.54, 1.807) is 0 Å². The van der Waals surface area contributed by atoms with Crippen LogP contribution in [-0.2, 0) is 28.6 Å². The van der Waals surface area contributed by atoms with Crippen molar-refractivity contribution < 1.29 is 28.6 Å². The minimum Gasteiger partial charge on any atom is -0.462 e. The smallest absolute Gasteiger partial charge is 0.306 e. The highest BCUT2D eigenvalue weighted by Crippen LogP contribution is 2.15. The third kappa shape index (κ3) is 54.1. The summed E-state index contributed by atoms with van der Waals surface area (Å²) < 4.78 is 16.8. The monoisotopic (exact) mass is 951 g/mol. The van der Waals surface area contributed by atoms with Gasteiger partial charge in [-0.25, -0.2) is 0 Å². The lowest BCUT2D eigenvalue weighted by Gasteiger charge is -2.18. The van der Waals surface area contributed by atoms with Gasteiger partial charge in [-0.05, 0) is 109 Å². The average molecular weight is 952 g/mol. The molecule has 0 aromatic carbocycles. The summed E-state index contributed by atoms with van der Waals surface area (Å²) in [7, 11) is 0. The molecule has 0 aromatic rings. The zero-order valence-corrected chi connectivity index (χ0v) is 45.1. The van der Waals surface area contributed by atoms with Gasteiger partial charge in [0.25, 0.3) is 0 Å². The van der Waals surface area contributed by atoms with Gasteiger partial charge >= 0.3 is 17.9 Å². The summed E-state index contributed by atoms with van der Waals surface area (Å²) in [4.78, 5) is 38.1. The fourth-order valence-corrected chi connectivity index (χ4v) is 8.26. The Hall–Kier alpha value is -2.89. The third-order valence-corrected chi connectivity index (χ3v) is 12.7. The van der Waals surface area contributed by atoms with E-state index in [4.69, 9.17) is 14.2 Å². The van der Waals surface area contributed by atoms with Gasteiger partial charge in [0.1, 0.15) is 13.2 Å². The normalized spacial score (nSPS) is 12.5. The van der Waals surface area contributed by atoms with Crippen LogP contribution in [0.1, 0.15) is 297 Å². The van der Waals surface area contributed by atoms with E-state index < -0.39 is 6.10 Å². The molecule has 0 fully saturated rings. The molecule has 0 heterocycles. The summed E-state index contributed by atoms with van der Waals surface area (Å²) >= 11 is 0. The lowest BCUT2D eigenvalue weighted by Crippen LogP contribution is -2.30. The molecule has 0 bridgehead atoms. The summed E-state index contributed by atoms with van der Waals surface area (Å²) in [5, 5.41) is 0. The molecule has 0 aliphatic rings. The van der Waals surface area contributed by atoms with Gasteiger partial charge in [-0.15, -0.1) is 0 Å². The topological polar surface area (TPSA) is 78.9 Å². The van der Waals surface area contributed by atoms with Crippen molar-refractivity contribution in [2.75, 3.05) is 13.2 Å². The molecule has 394 valence electrons. The highest BCUT2D eigenvalue weighted by molar-refractivity contribution is 5.71. The maximum atomic E-state index is 12.8. The van der Waals surface area contributed by atoms with Crippen molar-refractivity contribution in [1.29, 1.82) is 0 Å². The van der Waals surface area contributed by atoms with Crippen molar-refractivity contribution in [2.45, 2.75) is 303 Å². The second-order valence-corrected chi connectivity index (χ2v) is 19.5. The molecule has 6 nitrogen and oxygen atoms in total. The lowest BCUT2D eigenvalue weighted by atomic mass is 10.1. The van der Waals surface area contributed by atoms with Crippen molar-refractivity contribution in [2.24, 2.45) is 0 Å². The quantitative estimate of drug-likeness (QED) is 0.0262. The number of hydrogen-bond acceptors (Lipinski definition) is 6. The van der Waals surface area contributed by atoms with Gasteiger partial charge < -0.3 is 14.2 Å². The van der Waals surface area contributed by atoms with Crippen LogP contribution in [0.3, 0.4) is 0 Å². The minimum atomic E-state index is -0.784. The van der Waals surface area contributed by atoms with Crippen molar-refractivity contribution in [3.63, 3.8) is 0 Å². The molecule has 0 amide bonds. The second-order valence-electron chi connectivity index (χ2n) is 19.5. The van der Waals surface area contributed by atoms with Gasteiger partial charge in [-0.1, -0.05) is 229 Å². The van der Waals surface area contributed by atoms with E-state index in [-0.39, 0.29) is 31.1 Å². The van der Waals surface area contributed by atoms with E-state index in [1.807, 2.05) is 0 Å². The van der Waals surface area contributed by atoms with Crippen molar-refractivity contribution >= 4 is 17.9 Å². The second kappa shape index (κ2) is 56.7. The number of hydrogen-bond donors (Lipinski definition) is 0. The van der Waals surface area contributed by atoms with E-state index in [0.29, 0.717) is 19.3 Å². The van der Waals surface area contributed by atoms with Gasteiger partial charge in [0.2, 0.25) is 0 Å². The Morgan fingerprint density at radius 1 is 0.294 bits per heavy atom. The molecule has 0 aromatic heterocycles. The minimum absolute atomic E-state index is 0.0832. The Bertz CT molecular complexity index is 1230. The van der Waals surface area contributed by atoms with Gasteiger partial charge in [0.15, 0.2) is 6.10 Å². The zero-order valence-electron chi connectivity index (χ0n) is 45.1. The van der Waals surface area contributed by atoms with Gasteiger partial charge in [0.05, 0.1) is 0 Å². The summed E-state index contributed by atoms with van der Waals surface area (Å²) in [6.45, 7) is 6.60. The SMILES string of the molecule is CCCCCC/C=C\CCCCCCCC(=O)OCC(COC(=O)CCCCCCCCCC/C=C\C/C=C\C/C=C\CCCCCCC)OC(=O)CCCCCCC/C=C\CCCCCCC. The van der Waals surface area contributed by atoms with Crippen LogP contribution < -0.4 is 0 Å². The Morgan fingerprint density at radius 3 is 0.853 bits per heavy atom. The molecule has 6 heteroatoms. The van der Waals surface area contributed by atoms with Crippen LogP contribution in [-0.4, -0.2) is 37.2 Å². The van der Waals surface area contributed by atoms with Crippen LogP contribution in [0.5, 0.6) is 0 Å². The lowest BCUT2D eigenvalue weighted by molar-refractivity contribution is -0.167. The molecule has 0 saturated carbocycles. The molecular weight excluding hydrogens is 841 g/mol. The molecule has 0 rings (SSSR count). The highest BCUT2D eigenvalue weighted by Gasteiger charge is 2.19. The number of unbranched alkanes of at least 4 members (excludes halogenated alkanes) is 32. The molecule has 0 N–H and O–H groups in total. The van der Waals surface area contributed by atoms with Crippen LogP contribution in [0.2, 0.25) is 0 Å². The average Bonchev–Trinajstić information content (AvgIpc) is 3.34. The molecule has 1 unspecified atom stereocenters. The Labute approximate surface area is 421 Å². The maximum Gasteiger partial charge on any atom is 0.306 e. The fourth-order valence-electron chi connectivity index (χ4n) is 8.26. The summed E-state index contributed by atoms with van der Waals surface area (Å²) in [5.41, 5.74) is 0. The molecule has 68 heavy (non-hydrogen) atoms. The predicted molar refractivity (Wildman–Crippen MR) is 293 cm³/mol. The van der Waals surface area contributed by atoms with Crippen LogP contribution in [0, 0.1) is 0 Å². The fraction of sp³-hybridized carbons (Fsp3) is 0.790. The molecule has 0 radical (unpaired) electrons. The number of carbonyl (C=O) groups excluding carboxylic acids is 3. The summed E-state index contributed by atoms with van der Waals surface area (Å²) in [6, 6.07) is 0. The highest BCUT2D eigenvalue weighted by atomic mass is 16.6. The first-order valence-electron chi connectivity index (χ1n) is 29.3. The van der Waals surface area contributed by atoms with E-state index >= 15 is 0 Å². The van der Waals surface area contributed by atoms with Crippen molar-refractivity contribution in [3.8, 4) is 0 Å². The third-order valence-electron chi connectivity index (χ3n) is 12.7. The molecule has 1 atom stereocenters. The van der Waals surface area contributed by atoms with E-state index in [2.05, 4.69) is 81.5 Å². The van der Waals surface area contributed by atoms with E-state index in [0.717, 1.165) is 96.3 Å². The first-order valence-corrected chi connectivity index (χ1v) is 29.3. The predicted octanol–water partition coefficient (Wildman–Crippen LogP) is 19.6. The molecule has 0 aliphatic heterocycles. The van der Waals surface area contributed by atoms with Crippen LogP contribution in [0.25, 0.3) is 0 Å². The number of carbonyl (C=O) groups is 3. The molecule has 0 spiro atoms. The number of esters is 3. The first kappa shape index (κ1) is 65.1. The summed E-state index contributed by atoms with van der Waals surface area (Å²) in [6.07, 6.45) is 70.7. The summed E-state index contributed by atoms with van der Waals surface area (Å²) in [5.74, 6) is -0.898. The Balaban J connectivity index is 4.33. The maximum absolute atomic E-state index is 12.8. The Kier molecular flexibility index (Phi) is 54.3. The molecule has 0 saturated heterocycles. The number of rotatable bonds is 53. The van der Waals surface area contributed by atoms with Crippen LogP contribution in [0.15, 0.2) is 60.8 Å². The van der Waals surface area contributed by atoms with E-state index in [1.165, 1.54) is 161 Å². The number of ether oxygens (including phenoxy) is 3. The van der Waals surface area contributed by atoms with Gasteiger partial charge in [0, 0.05) is 19.3 Å². The first-order chi connectivity index (χ1) is 33.5. The van der Waals surface area contributed by atoms with Crippen LogP contribution in [0.4, 0.5) is 0 Å².